The number of halogens is 1. The molecule has 1 fully saturated rings. The second-order valence-corrected chi connectivity index (χ2v) is 4.45. The predicted molar refractivity (Wildman–Crippen MR) is 60.1 cm³/mol. The summed E-state index contributed by atoms with van der Waals surface area (Å²) in [5, 5.41) is 4.15. The van der Waals surface area contributed by atoms with Crippen LogP contribution >= 0.6 is 15.9 Å². The van der Waals surface area contributed by atoms with Gasteiger partial charge in [-0.25, -0.2) is 9.48 Å². The lowest BCUT2D eigenvalue weighted by molar-refractivity contribution is -0.0415. The summed E-state index contributed by atoms with van der Waals surface area (Å²) in [6, 6.07) is 0. The molecule has 0 aromatic carbocycles. The first-order valence-electron chi connectivity index (χ1n) is 5.17. The first-order valence-corrected chi connectivity index (χ1v) is 5.96. The average Bonchev–Trinajstić information content (AvgIpc) is 2.71. The van der Waals surface area contributed by atoms with Crippen LogP contribution in [0.25, 0.3) is 0 Å². The van der Waals surface area contributed by atoms with Gasteiger partial charge in [0.1, 0.15) is 0 Å². The number of aromatic nitrogens is 2. The Labute approximate surface area is 102 Å². The van der Waals surface area contributed by atoms with E-state index in [1.807, 2.05) is 0 Å². The quantitative estimate of drug-likeness (QED) is 0.783. The zero-order valence-electron chi connectivity index (χ0n) is 8.98. The van der Waals surface area contributed by atoms with Crippen LogP contribution in [0, 0.1) is 0 Å². The summed E-state index contributed by atoms with van der Waals surface area (Å²) < 4.78 is 12.5. The number of methoxy groups -OCH3 is 1. The van der Waals surface area contributed by atoms with E-state index in [9.17, 15) is 4.79 Å². The summed E-state index contributed by atoms with van der Waals surface area (Å²) in [4.78, 5) is 11.6. The molecule has 16 heavy (non-hydrogen) atoms. The van der Waals surface area contributed by atoms with Crippen LogP contribution in [0.2, 0.25) is 0 Å². The van der Waals surface area contributed by atoms with E-state index in [0.717, 1.165) is 19.3 Å². The van der Waals surface area contributed by atoms with E-state index in [-0.39, 0.29) is 6.23 Å². The van der Waals surface area contributed by atoms with Crippen LogP contribution in [0.4, 0.5) is 0 Å². The summed E-state index contributed by atoms with van der Waals surface area (Å²) >= 11 is 3.29. The standard InChI is InChI=1S/C10H13BrN2O3/c1-15-10(14)9-7(11)6-12-13(9)8-4-2-3-5-16-8/h6,8H,2-5H2,1H3. The van der Waals surface area contributed by atoms with Gasteiger partial charge in [-0.05, 0) is 35.2 Å². The van der Waals surface area contributed by atoms with Crippen LogP contribution in [0.1, 0.15) is 36.0 Å². The van der Waals surface area contributed by atoms with Crippen molar-refractivity contribution in [3.63, 3.8) is 0 Å². The molecule has 2 heterocycles. The fraction of sp³-hybridized carbons (Fsp3) is 0.600. The monoisotopic (exact) mass is 288 g/mol. The Balaban J connectivity index is 2.29. The lowest BCUT2D eigenvalue weighted by Gasteiger charge is -2.23. The molecule has 0 aliphatic carbocycles. The molecule has 1 atom stereocenters. The molecule has 1 saturated heterocycles. The molecule has 0 spiro atoms. The summed E-state index contributed by atoms with van der Waals surface area (Å²) in [6.45, 7) is 0.711. The van der Waals surface area contributed by atoms with Crippen molar-refractivity contribution in [2.75, 3.05) is 13.7 Å². The van der Waals surface area contributed by atoms with Gasteiger partial charge in [0.25, 0.3) is 0 Å². The fourth-order valence-electron chi connectivity index (χ4n) is 1.76. The highest BCUT2D eigenvalue weighted by molar-refractivity contribution is 9.10. The Kier molecular flexibility index (Phi) is 3.60. The number of carbonyl (C=O) groups is 1. The van der Waals surface area contributed by atoms with Gasteiger partial charge in [-0.3, -0.25) is 0 Å². The number of rotatable bonds is 2. The average molecular weight is 289 g/mol. The van der Waals surface area contributed by atoms with Gasteiger partial charge < -0.3 is 9.47 Å². The first-order chi connectivity index (χ1) is 7.74. The molecule has 1 aliphatic heterocycles. The number of ether oxygens (including phenoxy) is 2. The normalized spacial score (nSPS) is 20.8. The van der Waals surface area contributed by atoms with Crippen molar-refractivity contribution < 1.29 is 14.3 Å². The highest BCUT2D eigenvalue weighted by Crippen LogP contribution is 2.27. The molecule has 6 heteroatoms. The molecule has 88 valence electrons. The van der Waals surface area contributed by atoms with E-state index in [2.05, 4.69) is 21.0 Å². The van der Waals surface area contributed by atoms with Gasteiger partial charge in [0, 0.05) is 6.61 Å². The Morgan fingerprint density at radius 1 is 1.69 bits per heavy atom. The lowest BCUT2D eigenvalue weighted by Crippen LogP contribution is -2.23. The van der Waals surface area contributed by atoms with E-state index < -0.39 is 5.97 Å². The summed E-state index contributed by atoms with van der Waals surface area (Å²) in [5.41, 5.74) is 0.411. The Morgan fingerprint density at radius 2 is 2.50 bits per heavy atom. The Hall–Kier alpha value is -0.880. The molecule has 0 bridgehead atoms. The molecular weight excluding hydrogens is 276 g/mol. The van der Waals surface area contributed by atoms with Crippen LogP contribution < -0.4 is 0 Å². The van der Waals surface area contributed by atoms with Crippen molar-refractivity contribution >= 4 is 21.9 Å². The van der Waals surface area contributed by atoms with Crippen molar-refractivity contribution in [2.24, 2.45) is 0 Å². The van der Waals surface area contributed by atoms with Crippen LogP contribution in [-0.4, -0.2) is 29.5 Å². The topological polar surface area (TPSA) is 53.3 Å². The van der Waals surface area contributed by atoms with Crippen molar-refractivity contribution in [1.29, 1.82) is 0 Å². The third kappa shape index (κ3) is 2.12. The highest BCUT2D eigenvalue weighted by atomic mass is 79.9. The van der Waals surface area contributed by atoms with Gasteiger partial charge in [-0.15, -0.1) is 0 Å². The van der Waals surface area contributed by atoms with E-state index in [4.69, 9.17) is 9.47 Å². The molecule has 0 radical (unpaired) electrons. The Morgan fingerprint density at radius 3 is 3.12 bits per heavy atom. The van der Waals surface area contributed by atoms with Gasteiger partial charge in [0.05, 0.1) is 17.8 Å². The number of hydrogen-bond donors (Lipinski definition) is 0. The number of esters is 1. The van der Waals surface area contributed by atoms with Gasteiger partial charge in [-0.1, -0.05) is 0 Å². The summed E-state index contributed by atoms with van der Waals surface area (Å²) in [5.74, 6) is -0.404. The van der Waals surface area contributed by atoms with E-state index in [1.165, 1.54) is 7.11 Å². The first kappa shape index (κ1) is 11.6. The van der Waals surface area contributed by atoms with E-state index in [1.54, 1.807) is 10.9 Å². The smallest absolute Gasteiger partial charge is 0.357 e. The molecule has 0 N–H and O–H groups in total. The van der Waals surface area contributed by atoms with Gasteiger partial charge >= 0.3 is 5.97 Å². The molecule has 5 nitrogen and oxygen atoms in total. The predicted octanol–water partition coefficient (Wildman–Crippen LogP) is 2.13. The van der Waals surface area contributed by atoms with Gasteiger partial charge in [-0.2, -0.15) is 5.10 Å². The molecule has 2 rings (SSSR count). The summed E-state index contributed by atoms with van der Waals surface area (Å²) in [7, 11) is 1.36. The molecule has 1 aliphatic rings. The van der Waals surface area contributed by atoms with Crippen LogP contribution in [-0.2, 0) is 9.47 Å². The largest absolute Gasteiger partial charge is 0.464 e. The second-order valence-electron chi connectivity index (χ2n) is 3.60. The minimum atomic E-state index is -0.404. The molecule has 0 saturated carbocycles. The maximum absolute atomic E-state index is 11.6. The molecule has 1 aromatic heterocycles. The maximum atomic E-state index is 11.6. The Bertz CT molecular complexity index is 385. The number of carbonyl (C=O) groups excluding carboxylic acids is 1. The number of hydrogen-bond acceptors (Lipinski definition) is 4. The fourth-order valence-corrected chi connectivity index (χ4v) is 2.20. The number of nitrogens with zero attached hydrogens (tertiary/aromatic N) is 2. The van der Waals surface area contributed by atoms with Crippen LogP contribution in [0.5, 0.6) is 0 Å². The van der Waals surface area contributed by atoms with Crippen molar-refractivity contribution in [2.45, 2.75) is 25.5 Å². The van der Waals surface area contributed by atoms with Crippen LogP contribution in [0.15, 0.2) is 10.7 Å². The molecule has 0 amide bonds. The minimum Gasteiger partial charge on any atom is -0.464 e. The van der Waals surface area contributed by atoms with Crippen molar-refractivity contribution in [1.82, 2.24) is 9.78 Å². The second kappa shape index (κ2) is 4.97. The minimum absolute atomic E-state index is 0.158. The third-order valence-corrected chi connectivity index (χ3v) is 3.14. The molecule has 1 aromatic rings. The molecular formula is C10H13BrN2O3. The summed E-state index contributed by atoms with van der Waals surface area (Å²) in [6.07, 6.45) is 4.45. The zero-order valence-corrected chi connectivity index (χ0v) is 10.6. The maximum Gasteiger partial charge on any atom is 0.357 e. The molecule has 1 unspecified atom stereocenters. The van der Waals surface area contributed by atoms with Crippen LogP contribution in [0.3, 0.4) is 0 Å². The van der Waals surface area contributed by atoms with Gasteiger partial charge in [0.2, 0.25) is 0 Å². The van der Waals surface area contributed by atoms with E-state index >= 15 is 0 Å². The van der Waals surface area contributed by atoms with Crippen molar-refractivity contribution in [3.8, 4) is 0 Å². The lowest BCUT2D eigenvalue weighted by atomic mass is 10.2. The highest BCUT2D eigenvalue weighted by Gasteiger charge is 2.25. The zero-order chi connectivity index (χ0) is 11.5. The van der Waals surface area contributed by atoms with E-state index in [0.29, 0.717) is 16.8 Å². The van der Waals surface area contributed by atoms with Gasteiger partial charge in [0.15, 0.2) is 11.9 Å². The van der Waals surface area contributed by atoms with Crippen molar-refractivity contribution in [3.05, 3.63) is 16.4 Å². The third-order valence-electron chi connectivity index (χ3n) is 2.56. The SMILES string of the molecule is COC(=O)c1c(Br)cnn1C1CCCCO1.